The molecule has 1 aliphatic rings. The van der Waals surface area contributed by atoms with Crippen LogP contribution in [0.25, 0.3) is 0 Å². The van der Waals surface area contributed by atoms with E-state index in [2.05, 4.69) is 15.9 Å². The zero-order chi connectivity index (χ0) is 14.8. The summed E-state index contributed by atoms with van der Waals surface area (Å²) in [7, 11) is -3.48. The summed E-state index contributed by atoms with van der Waals surface area (Å²) in [4.78, 5) is 10.9. The summed E-state index contributed by atoms with van der Waals surface area (Å²) in [6, 6.07) is 6.62. The molecular weight excluding hydrogens is 346 g/mol. The summed E-state index contributed by atoms with van der Waals surface area (Å²) < 4.78 is 27.1. The summed E-state index contributed by atoms with van der Waals surface area (Å²) >= 11 is 3.27. The number of carboxylic acids is 1. The largest absolute Gasteiger partial charge is 0.481 e. The van der Waals surface area contributed by atoms with Gasteiger partial charge < -0.3 is 5.11 Å². The highest BCUT2D eigenvalue weighted by atomic mass is 79.9. The maximum atomic E-state index is 12.5. The molecule has 1 aliphatic heterocycles. The van der Waals surface area contributed by atoms with Crippen LogP contribution in [0, 0.1) is 5.92 Å². The first-order chi connectivity index (χ1) is 9.39. The number of carbonyl (C=O) groups is 1. The van der Waals surface area contributed by atoms with Crippen molar-refractivity contribution >= 4 is 31.9 Å². The molecule has 1 aromatic rings. The first-order valence-electron chi connectivity index (χ1n) is 6.37. The first-order valence-corrected chi connectivity index (χ1v) is 8.60. The fourth-order valence-corrected chi connectivity index (χ4v) is 4.44. The van der Waals surface area contributed by atoms with E-state index >= 15 is 0 Å². The number of hydrogen-bond acceptors (Lipinski definition) is 3. The number of hydrogen-bond donors (Lipinski definition) is 1. The minimum absolute atomic E-state index is 0.0708. The van der Waals surface area contributed by atoms with Crippen LogP contribution in [0.15, 0.2) is 33.6 Å². The van der Waals surface area contributed by atoms with Gasteiger partial charge in [0.2, 0.25) is 10.0 Å². The Bertz CT molecular complexity index is 594. The van der Waals surface area contributed by atoms with Gasteiger partial charge in [-0.15, -0.1) is 0 Å². The van der Waals surface area contributed by atoms with Crippen LogP contribution < -0.4 is 0 Å². The van der Waals surface area contributed by atoms with Crippen LogP contribution in [-0.2, 0) is 14.8 Å². The number of aliphatic carboxylic acids is 1. The summed E-state index contributed by atoms with van der Waals surface area (Å²) in [5.74, 6) is -0.750. The molecule has 5 nitrogen and oxygen atoms in total. The van der Waals surface area contributed by atoms with E-state index in [0.717, 1.165) is 4.47 Å². The van der Waals surface area contributed by atoms with E-state index in [1.807, 2.05) is 0 Å². The average molecular weight is 362 g/mol. The minimum atomic E-state index is -3.48. The number of sulfonamides is 1. The lowest BCUT2D eigenvalue weighted by Gasteiger charge is -2.30. The van der Waals surface area contributed by atoms with Crippen LogP contribution in [0.5, 0.6) is 0 Å². The van der Waals surface area contributed by atoms with Crippen molar-refractivity contribution in [1.82, 2.24) is 4.31 Å². The molecule has 0 amide bonds. The van der Waals surface area contributed by atoms with E-state index < -0.39 is 16.0 Å². The van der Waals surface area contributed by atoms with Gasteiger partial charge in [-0.05, 0) is 37.0 Å². The highest BCUT2D eigenvalue weighted by Gasteiger charge is 2.30. The van der Waals surface area contributed by atoms with Gasteiger partial charge in [0.1, 0.15) is 0 Å². The molecule has 20 heavy (non-hydrogen) atoms. The molecule has 1 fully saturated rings. The minimum Gasteiger partial charge on any atom is -0.481 e. The molecule has 0 atom stereocenters. The normalized spacial score (nSPS) is 18.1. The van der Waals surface area contributed by atoms with Crippen molar-refractivity contribution in [2.75, 3.05) is 13.1 Å². The van der Waals surface area contributed by atoms with Gasteiger partial charge in [0.15, 0.2) is 0 Å². The van der Waals surface area contributed by atoms with Crippen molar-refractivity contribution in [3.8, 4) is 0 Å². The molecule has 0 aliphatic carbocycles. The fraction of sp³-hybridized carbons (Fsp3) is 0.462. The Labute approximate surface area is 126 Å². The molecule has 7 heteroatoms. The number of halogens is 1. The summed E-state index contributed by atoms with van der Waals surface area (Å²) in [5, 5.41) is 8.76. The average Bonchev–Trinajstić information content (AvgIpc) is 2.38. The number of rotatable bonds is 4. The number of benzene rings is 1. The van der Waals surface area contributed by atoms with Gasteiger partial charge in [0, 0.05) is 24.0 Å². The molecule has 1 heterocycles. The van der Waals surface area contributed by atoms with Crippen LogP contribution >= 0.6 is 15.9 Å². The lowest BCUT2D eigenvalue weighted by molar-refractivity contribution is -0.138. The highest BCUT2D eigenvalue weighted by molar-refractivity contribution is 9.10. The maximum absolute atomic E-state index is 12.5. The molecule has 0 saturated carbocycles. The Balaban J connectivity index is 2.08. The standard InChI is InChI=1S/C13H16BrNO4S/c14-11-2-1-3-12(9-11)20(18,19)15-6-4-10(5-7-15)8-13(16)17/h1-3,9-10H,4-8H2,(H,16,17). The molecule has 110 valence electrons. The van der Waals surface area contributed by atoms with Gasteiger partial charge in [0.05, 0.1) is 4.90 Å². The van der Waals surface area contributed by atoms with Crippen LogP contribution in [0.1, 0.15) is 19.3 Å². The number of piperidine rings is 1. The Hall–Kier alpha value is -0.920. The van der Waals surface area contributed by atoms with Crippen molar-refractivity contribution < 1.29 is 18.3 Å². The Morgan fingerprint density at radius 2 is 2.00 bits per heavy atom. The van der Waals surface area contributed by atoms with Crippen molar-refractivity contribution in [2.45, 2.75) is 24.2 Å². The van der Waals surface area contributed by atoms with E-state index in [1.165, 1.54) is 4.31 Å². The van der Waals surface area contributed by atoms with Gasteiger partial charge in [-0.25, -0.2) is 8.42 Å². The monoisotopic (exact) mass is 361 g/mol. The topological polar surface area (TPSA) is 74.7 Å². The molecule has 2 rings (SSSR count). The van der Waals surface area contributed by atoms with Crippen molar-refractivity contribution in [3.63, 3.8) is 0 Å². The predicted molar refractivity (Wildman–Crippen MR) is 77.9 cm³/mol. The SMILES string of the molecule is O=C(O)CC1CCN(S(=O)(=O)c2cccc(Br)c2)CC1. The summed E-state index contributed by atoms with van der Waals surface area (Å²) in [5.41, 5.74) is 0. The van der Waals surface area contributed by atoms with E-state index in [1.54, 1.807) is 24.3 Å². The van der Waals surface area contributed by atoms with Crippen molar-refractivity contribution in [3.05, 3.63) is 28.7 Å². The lowest BCUT2D eigenvalue weighted by Crippen LogP contribution is -2.38. The second-order valence-corrected chi connectivity index (χ2v) is 7.76. The van der Waals surface area contributed by atoms with E-state index in [9.17, 15) is 13.2 Å². The molecule has 0 aromatic heterocycles. The molecule has 0 spiro atoms. The van der Waals surface area contributed by atoms with Crippen LogP contribution in [-0.4, -0.2) is 36.9 Å². The number of carboxylic acid groups (broad SMARTS) is 1. The number of nitrogens with zero attached hydrogens (tertiary/aromatic N) is 1. The smallest absolute Gasteiger partial charge is 0.303 e. The summed E-state index contributed by atoms with van der Waals surface area (Å²) in [6.45, 7) is 0.763. The highest BCUT2D eigenvalue weighted by Crippen LogP contribution is 2.26. The van der Waals surface area contributed by atoms with Gasteiger partial charge in [-0.3, -0.25) is 4.79 Å². The Morgan fingerprint density at radius 3 is 2.55 bits per heavy atom. The van der Waals surface area contributed by atoms with E-state index in [-0.39, 0.29) is 17.2 Å². The predicted octanol–water partition coefficient (Wildman–Crippen LogP) is 2.32. The second kappa shape index (κ2) is 6.24. The third-order valence-corrected chi connectivity index (χ3v) is 5.86. The van der Waals surface area contributed by atoms with Crippen LogP contribution in [0.4, 0.5) is 0 Å². The summed E-state index contributed by atoms with van der Waals surface area (Å²) in [6.07, 6.45) is 1.31. The zero-order valence-corrected chi connectivity index (χ0v) is 13.2. The zero-order valence-electron chi connectivity index (χ0n) is 10.8. The third-order valence-electron chi connectivity index (χ3n) is 3.47. The van der Waals surface area contributed by atoms with E-state index in [0.29, 0.717) is 25.9 Å². The molecule has 1 saturated heterocycles. The molecule has 1 N–H and O–H groups in total. The molecule has 1 aromatic carbocycles. The second-order valence-electron chi connectivity index (χ2n) is 4.90. The van der Waals surface area contributed by atoms with E-state index in [4.69, 9.17) is 5.11 Å². The van der Waals surface area contributed by atoms with Gasteiger partial charge >= 0.3 is 5.97 Å². The van der Waals surface area contributed by atoms with Crippen molar-refractivity contribution in [2.24, 2.45) is 5.92 Å². The third kappa shape index (κ3) is 3.59. The lowest BCUT2D eigenvalue weighted by atomic mass is 9.95. The van der Waals surface area contributed by atoms with Crippen LogP contribution in [0.2, 0.25) is 0 Å². The fourth-order valence-electron chi connectivity index (χ4n) is 2.38. The molecule has 0 bridgehead atoms. The van der Waals surface area contributed by atoms with Gasteiger partial charge in [-0.1, -0.05) is 22.0 Å². The van der Waals surface area contributed by atoms with Crippen LogP contribution in [0.3, 0.4) is 0 Å². The van der Waals surface area contributed by atoms with Gasteiger partial charge in [-0.2, -0.15) is 4.31 Å². The Morgan fingerprint density at radius 1 is 1.35 bits per heavy atom. The first kappa shape index (κ1) is 15.5. The Kier molecular flexibility index (Phi) is 4.82. The van der Waals surface area contributed by atoms with Crippen molar-refractivity contribution in [1.29, 1.82) is 0 Å². The van der Waals surface area contributed by atoms with Gasteiger partial charge in [0.25, 0.3) is 0 Å². The molecular formula is C13H16BrNO4S. The quantitative estimate of drug-likeness (QED) is 0.892. The molecule has 0 unspecified atom stereocenters. The molecule has 0 radical (unpaired) electrons. The maximum Gasteiger partial charge on any atom is 0.303 e.